The minimum atomic E-state index is -0.813. The predicted molar refractivity (Wildman–Crippen MR) is 255 cm³/mol. The van der Waals surface area contributed by atoms with Crippen LogP contribution in [-0.4, -0.2) is 4.57 Å². The highest BCUT2D eigenvalue weighted by Gasteiger charge is 2.54. The van der Waals surface area contributed by atoms with Gasteiger partial charge in [0.05, 0.1) is 39.3 Å². The quantitative estimate of drug-likeness (QED) is 0.179. The van der Waals surface area contributed by atoms with E-state index in [9.17, 15) is 10.5 Å². The van der Waals surface area contributed by atoms with Crippen LogP contribution >= 0.6 is 0 Å². The Hall–Kier alpha value is -7.46. The number of benzene rings is 8. The Labute approximate surface area is 363 Å². The lowest BCUT2D eigenvalue weighted by Crippen LogP contribution is -2.28. The van der Waals surface area contributed by atoms with Crippen LogP contribution in [0.5, 0.6) is 0 Å². The SMILES string of the molecule is CC(C)(C)c1ccc2c(c1)C1(c3cc(C(C)(C)C)ccc3-2)c2ccccc2-c2c(-n3c4ccc(-c5ccccc5)cc4c4cc(-c5ccccc5)ccc43)c(C#N)cc(C#N)c21. The third kappa shape index (κ3) is 5.22. The maximum atomic E-state index is 11.4. The normalized spacial score (nSPS) is 13.4. The van der Waals surface area contributed by atoms with Gasteiger partial charge in [0, 0.05) is 16.3 Å². The maximum absolute atomic E-state index is 11.4. The summed E-state index contributed by atoms with van der Waals surface area (Å²) in [6.07, 6.45) is 0. The van der Waals surface area contributed by atoms with Crippen molar-refractivity contribution in [1.29, 1.82) is 10.5 Å². The Bertz CT molecular complexity index is 3270. The lowest BCUT2D eigenvalue weighted by Gasteiger charge is -2.33. The second-order valence-electron chi connectivity index (χ2n) is 19.1. The fraction of sp³-hybridized carbons (Fsp3) is 0.153. The summed E-state index contributed by atoms with van der Waals surface area (Å²) in [6, 6.07) is 64.3. The zero-order valence-electron chi connectivity index (χ0n) is 35.9. The largest absolute Gasteiger partial charge is 0.307 e. The number of hydrogen-bond donors (Lipinski definition) is 0. The predicted octanol–water partition coefficient (Wildman–Crippen LogP) is 14.8. The van der Waals surface area contributed by atoms with Crippen molar-refractivity contribution in [2.45, 2.75) is 57.8 Å². The molecule has 0 atom stereocenters. The molecule has 1 aromatic heterocycles. The van der Waals surface area contributed by atoms with E-state index in [1.165, 1.54) is 33.4 Å². The molecule has 9 aromatic rings. The second-order valence-corrected chi connectivity index (χ2v) is 19.1. The number of fused-ring (bicyclic) bond motifs is 13. The summed E-state index contributed by atoms with van der Waals surface area (Å²) >= 11 is 0. The van der Waals surface area contributed by atoms with Gasteiger partial charge in [0.1, 0.15) is 6.07 Å². The van der Waals surface area contributed by atoms with E-state index in [0.717, 1.165) is 72.0 Å². The molecule has 2 aliphatic rings. The van der Waals surface area contributed by atoms with Crippen LogP contribution in [0.15, 0.2) is 164 Å². The molecule has 1 spiro atoms. The zero-order valence-corrected chi connectivity index (χ0v) is 35.9. The molecule has 2 aliphatic carbocycles. The van der Waals surface area contributed by atoms with Gasteiger partial charge in [-0.3, -0.25) is 0 Å². The van der Waals surface area contributed by atoms with E-state index in [0.29, 0.717) is 11.1 Å². The fourth-order valence-electron chi connectivity index (χ4n) is 10.6. The van der Waals surface area contributed by atoms with Crippen LogP contribution < -0.4 is 0 Å². The standard InChI is InChI=1S/C59H45N3/c1-57(2,3)42-23-25-44-45-26-24-43(58(4,5)6)33-51(45)59(50(44)32-42)49-20-14-13-19-46(49)54-55(59)40(34-60)29-41(35-61)56(54)62-52-27-21-38(36-15-9-7-10-16-36)30-47(52)48-31-39(22-28-53(48)62)37-17-11-8-12-18-37/h7-33H,1-6H3. The first-order valence-corrected chi connectivity index (χ1v) is 21.5. The molecule has 0 saturated carbocycles. The van der Waals surface area contributed by atoms with E-state index < -0.39 is 5.41 Å². The molecule has 0 aliphatic heterocycles. The Balaban J connectivity index is 1.32. The van der Waals surface area contributed by atoms with Crippen molar-refractivity contribution in [3.63, 3.8) is 0 Å². The molecule has 0 unspecified atom stereocenters. The van der Waals surface area contributed by atoms with Crippen molar-refractivity contribution in [3.05, 3.63) is 208 Å². The summed E-state index contributed by atoms with van der Waals surface area (Å²) in [5.41, 5.74) is 18.6. The molecule has 62 heavy (non-hydrogen) atoms. The first kappa shape index (κ1) is 37.5. The molecule has 8 aromatic carbocycles. The lowest BCUT2D eigenvalue weighted by molar-refractivity contribution is 0.586. The summed E-state index contributed by atoms with van der Waals surface area (Å²) in [6.45, 7) is 13.6. The van der Waals surface area contributed by atoms with Gasteiger partial charge in [-0.2, -0.15) is 10.5 Å². The van der Waals surface area contributed by atoms with Gasteiger partial charge in [0.25, 0.3) is 0 Å². The summed E-state index contributed by atoms with van der Waals surface area (Å²) in [5.74, 6) is 0. The molecule has 0 radical (unpaired) electrons. The van der Waals surface area contributed by atoms with Gasteiger partial charge < -0.3 is 4.57 Å². The van der Waals surface area contributed by atoms with Gasteiger partial charge in [-0.15, -0.1) is 0 Å². The Kier molecular flexibility index (Phi) is 8.03. The number of rotatable bonds is 3. The summed E-state index contributed by atoms with van der Waals surface area (Å²) in [5, 5.41) is 24.9. The van der Waals surface area contributed by atoms with E-state index in [-0.39, 0.29) is 10.8 Å². The van der Waals surface area contributed by atoms with Crippen LogP contribution in [0.2, 0.25) is 0 Å². The molecular weight excluding hydrogens is 751 g/mol. The van der Waals surface area contributed by atoms with Crippen molar-refractivity contribution >= 4 is 21.8 Å². The molecule has 0 fully saturated rings. The van der Waals surface area contributed by atoms with Crippen LogP contribution in [0.1, 0.15) is 86.1 Å². The van der Waals surface area contributed by atoms with Gasteiger partial charge in [-0.1, -0.05) is 175 Å². The molecule has 3 nitrogen and oxygen atoms in total. The first-order valence-electron chi connectivity index (χ1n) is 21.5. The van der Waals surface area contributed by atoms with Crippen molar-refractivity contribution in [2.75, 3.05) is 0 Å². The maximum Gasteiger partial charge on any atom is 0.101 e. The molecular formula is C59H45N3. The van der Waals surface area contributed by atoms with E-state index in [1.54, 1.807) is 0 Å². The molecule has 0 amide bonds. The number of nitrogens with zero attached hydrogens (tertiary/aromatic N) is 3. The molecule has 3 heteroatoms. The number of hydrogen-bond acceptors (Lipinski definition) is 2. The van der Waals surface area contributed by atoms with Gasteiger partial charge in [-0.25, -0.2) is 0 Å². The van der Waals surface area contributed by atoms with Gasteiger partial charge in [0.2, 0.25) is 0 Å². The van der Waals surface area contributed by atoms with E-state index in [2.05, 4.69) is 216 Å². The van der Waals surface area contributed by atoms with Gasteiger partial charge >= 0.3 is 0 Å². The molecule has 1 heterocycles. The van der Waals surface area contributed by atoms with E-state index in [1.807, 2.05) is 6.07 Å². The van der Waals surface area contributed by atoms with Crippen molar-refractivity contribution in [3.8, 4) is 62.3 Å². The Morgan fingerprint density at radius 2 is 0.919 bits per heavy atom. The molecule has 0 bridgehead atoms. The Morgan fingerprint density at radius 1 is 0.435 bits per heavy atom. The smallest absolute Gasteiger partial charge is 0.101 e. The summed E-state index contributed by atoms with van der Waals surface area (Å²) in [7, 11) is 0. The summed E-state index contributed by atoms with van der Waals surface area (Å²) in [4.78, 5) is 0. The van der Waals surface area contributed by atoms with E-state index >= 15 is 0 Å². The molecule has 0 N–H and O–H groups in total. The molecule has 11 rings (SSSR count). The number of nitriles is 2. The highest BCUT2D eigenvalue weighted by atomic mass is 15.0. The average Bonchev–Trinajstić information content (AvgIpc) is 3.89. The Morgan fingerprint density at radius 3 is 1.40 bits per heavy atom. The first-order chi connectivity index (χ1) is 29.9. The van der Waals surface area contributed by atoms with Crippen LogP contribution in [0.25, 0.3) is 72.0 Å². The van der Waals surface area contributed by atoms with Crippen molar-refractivity contribution < 1.29 is 0 Å². The molecule has 296 valence electrons. The van der Waals surface area contributed by atoms with Crippen molar-refractivity contribution in [1.82, 2.24) is 4.57 Å². The topological polar surface area (TPSA) is 52.5 Å². The third-order valence-corrected chi connectivity index (χ3v) is 13.6. The zero-order chi connectivity index (χ0) is 42.7. The second kappa shape index (κ2) is 13.3. The van der Waals surface area contributed by atoms with Crippen LogP contribution in [0.4, 0.5) is 0 Å². The highest BCUT2D eigenvalue weighted by Crippen LogP contribution is 2.65. The minimum Gasteiger partial charge on any atom is -0.307 e. The monoisotopic (exact) mass is 795 g/mol. The van der Waals surface area contributed by atoms with Gasteiger partial charge in [0.15, 0.2) is 0 Å². The lowest BCUT2D eigenvalue weighted by atomic mass is 9.67. The summed E-state index contributed by atoms with van der Waals surface area (Å²) < 4.78 is 2.32. The fourth-order valence-corrected chi connectivity index (χ4v) is 10.6. The van der Waals surface area contributed by atoms with E-state index in [4.69, 9.17) is 0 Å². The van der Waals surface area contributed by atoms with Crippen LogP contribution in [0.3, 0.4) is 0 Å². The van der Waals surface area contributed by atoms with Crippen LogP contribution in [-0.2, 0) is 16.2 Å². The van der Waals surface area contributed by atoms with Gasteiger partial charge in [-0.05, 0) is 113 Å². The minimum absolute atomic E-state index is 0.115. The molecule has 0 saturated heterocycles. The highest BCUT2D eigenvalue weighted by molar-refractivity contribution is 6.13. The third-order valence-electron chi connectivity index (χ3n) is 13.6. The van der Waals surface area contributed by atoms with Crippen LogP contribution in [0, 0.1) is 22.7 Å². The number of aromatic nitrogens is 1. The average molecular weight is 796 g/mol. The van der Waals surface area contributed by atoms with Crippen molar-refractivity contribution in [2.24, 2.45) is 0 Å².